The second kappa shape index (κ2) is 5.38. The second-order valence-corrected chi connectivity index (χ2v) is 3.16. The quantitative estimate of drug-likeness (QED) is 0.765. The van der Waals surface area contributed by atoms with Crippen LogP contribution in [0.2, 0.25) is 0 Å². The van der Waals surface area contributed by atoms with E-state index in [2.05, 4.69) is 11.8 Å². The predicted molar refractivity (Wildman–Crippen MR) is 54.5 cm³/mol. The van der Waals surface area contributed by atoms with Gasteiger partial charge in [-0.05, 0) is 23.8 Å². The zero-order valence-corrected chi connectivity index (χ0v) is 8.67. The fraction of sp³-hybridized carbons (Fsp3) is 0.250. The molecule has 0 aliphatic rings. The van der Waals surface area contributed by atoms with Gasteiger partial charge in [-0.15, -0.1) is 0 Å². The van der Waals surface area contributed by atoms with Crippen molar-refractivity contribution in [1.29, 1.82) is 5.26 Å². The van der Waals surface area contributed by atoms with Gasteiger partial charge in [-0.2, -0.15) is 18.4 Å². The van der Waals surface area contributed by atoms with Crippen molar-refractivity contribution in [1.82, 2.24) is 0 Å². The highest BCUT2D eigenvalue weighted by Crippen LogP contribution is 2.30. The molecule has 0 aliphatic carbocycles. The van der Waals surface area contributed by atoms with Crippen LogP contribution in [0.15, 0.2) is 18.2 Å². The zero-order chi connectivity index (χ0) is 12.9. The lowest BCUT2D eigenvalue weighted by atomic mass is 10.0. The van der Waals surface area contributed by atoms with Crippen LogP contribution in [0.3, 0.4) is 0 Å². The number of nitriles is 1. The predicted octanol–water partition coefficient (Wildman–Crippen LogP) is 2.46. The Morgan fingerprint density at radius 1 is 1.29 bits per heavy atom. The minimum Gasteiger partial charge on any atom is -0.392 e. The van der Waals surface area contributed by atoms with E-state index in [1.807, 2.05) is 0 Å². The summed E-state index contributed by atoms with van der Waals surface area (Å²) in [6, 6.07) is 4.74. The number of aliphatic hydroxyl groups is 1. The first-order chi connectivity index (χ1) is 7.99. The van der Waals surface area contributed by atoms with Gasteiger partial charge < -0.3 is 5.11 Å². The molecule has 0 amide bonds. The first-order valence-corrected chi connectivity index (χ1v) is 4.66. The van der Waals surface area contributed by atoms with Gasteiger partial charge in [0.2, 0.25) is 0 Å². The molecule has 0 saturated heterocycles. The number of alkyl halides is 3. The van der Waals surface area contributed by atoms with Gasteiger partial charge in [0.25, 0.3) is 0 Å². The third kappa shape index (κ3) is 3.51. The first kappa shape index (κ1) is 13.1. The molecule has 1 N–H and O–H groups in total. The van der Waals surface area contributed by atoms with Crippen molar-refractivity contribution in [3.8, 4) is 17.9 Å². The summed E-state index contributed by atoms with van der Waals surface area (Å²) in [4.78, 5) is 0. The number of hydrogen-bond donors (Lipinski definition) is 1. The molecule has 88 valence electrons. The molecule has 0 atom stereocenters. The molecule has 0 aromatic heterocycles. The molecule has 0 bridgehead atoms. The smallest absolute Gasteiger partial charge is 0.392 e. The lowest BCUT2D eigenvalue weighted by Gasteiger charge is -2.09. The van der Waals surface area contributed by atoms with Gasteiger partial charge in [-0.1, -0.05) is 11.8 Å². The minimum atomic E-state index is -4.44. The summed E-state index contributed by atoms with van der Waals surface area (Å²) in [5.74, 6) is 5.02. The van der Waals surface area contributed by atoms with E-state index in [-0.39, 0.29) is 12.0 Å². The highest BCUT2D eigenvalue weighted by atomic mass is 19.4. The standard InChI is InChI=1S/C12H8F3NO/c13-12(14,15)11-5-4-9(3-1-2-6-16)10(7-11)8-17/h4-5,7,17H,2,8H2. The molecule has 0 heterocycles. The molecular weight excluding hydrogens is 231 g/mol. The minimum absolute atomic E-state index is 0.00804. The molecule has 5 heteroatoms. The molecule has 0 saturated carbocycles. The van der Waals surface area contributed by atoms with Crippen molar-refractivity contribution < 1.29 is 18.3 Å². The summed E-state index contributed by atoms with van der Waals surface area (Å²) in [6.07, 6.45) is -4.45. The van der Waals surface area contributed by atoms with Gasteiger partial charge in [0.1, 0.15) is 0 Å². The maximum atomic E-state index is 12.4. The number of nitrogens with zero attached hydrogens (tertiary/aromatic N) is 1. The number of aliphatic hydroxyl groups excluding tert-OH is 1. The molecule has 0 radical (unpaired) electrons. The summed E-state index contributed by atoms with van der Waals surface area (Å²) in [6.45, 7) is -0.527. The van der Waals surface area contributed by atoms with Crippen molar-refractivity contribution in [3.05, 3.63) is 34.9 Å². The number of hydrogen-bond acceptors (Lipinski definition) is 2. The molecule has 2 nitrogen and oxygen atoms in total. The normalized spacial score (nSPS) is 10.3. The van der Waals surface area contributed by atoms with Crippen LogP contribution in [0, 0.1) is 23.2 Å². The Balaban J connectivity index is 3.12. The van der Waals surface area contributed by atoms with Gasteiger partial charge in [0.15, 0.2) is 0 Å². The maximum absolute atomic E-state index is 12.4. The highest BCUT2D eigenvalue weighted by molar-refractivity contribution is 5.44. The first-order valence-electron chi connectivity index (χ1n) is 4.66. The van der Waals surface area contributed by atoms with Crippen molar-refractivity contribution >= 4 is 0 Å². The van der Waals surface area contributed by atoms with Gasteiger partial charge in [0, 0.05) is 5.56 Å². The van der Waals surface area contributed by atoms with E-state index in [1.54, 1.807) is 6.07 Å². The fourth-order valence-corrected chi connectivity index (χ4v) is 1.20. The third-order valence-electron chi connectivity index (χ3n) is 1.99. The van der Waals surface area contributed by atoms with Gasteiger partial charge in [-0.25, -0.2) is 0 Å². The Kier molecular flexibility index (Phi) is 4.14. The number of halogens is 3. The number of benzene rings is 1. The monoisotopic (exact) mass is 239 g/mol. The topological polar surface area (TPSA) is 44.0 Å². The maximum Gasteiger partial charge on any atom is 0.416 e. The van der Waals surface area contributed by atoms with Gasteiger partial charge >= 0.3 is 6.18 Å². The molecule has 1 aromatic carbocycles. The van der Waals surface area contributed by atoms with Crippen LogP contribution in [0.5, 0.6) is 0 Å². The molecule has 17 heavy (non-hydrogen) atoms. The summed E-state index contributed by atoms with van der Waals surface area (Å²) < 4.78 is 37.1. The van der Waals surface area contributed by atoms with Crippen LogP contribution in [0.4, 0.5) is 13.2 Å². The summed E-state index contributed by atoms with van der Waals surface area (Å²) >= 11 is 0. The van der Waals surface area contributed by atoms with Crippen LogP contribution in [-0.2, 0) is 12.8 Å². The molecule has 0 fully saturated rings. The van der Waals surface area contributed by atoms with Crippen molar-refractivity contribution in [3.63, 3.8) is 0 Å². The van der Waals surface area contributed by atoms with Crippen molar-refractivity contribution in [2.24, 2.45) is 0 Å². The Labute approximate surface area is 96.3 Å². The fourth-order valence-electron chi connectivity index (χ4n) is 1.20. The van der Waals surface area contributed by atoms with Crippen LogP contribution < -0.4 is 0 Å². The summed E-state index contributed by atoms with van der Waals surface area (Å²) in [7, 11) is 0. The van der Waals surface area contributed by atoms with Crippen LogP contribution in [-0.4, -0.2) is 5.11 Å². The Bertz CT molecular complexity index is 503. The van der Waals surface area contributed by atoms with Crippen LogP contribution >= 0.6 is 0 Å². The molecular formula is C12H8F3NO. The third-order valence-corrected chi connectivity index (χ3v) is 1.99. The average molecular weight is 239 g/mol. The van der Waals surface area contributed by atoms with Crippen LogP contribution in [0.1, 0.15) is 23.1 Å². The number of rotatable bonds is 1. The molecule has 0 aliphatic heterocycles. The lowest BCUT2D eigenvalue weighted by molar-refractivity contribution is -0.137. The SMILES string of the molecule is N#CCC#Cc1ccc(C(F)(F)F)cc1CO. The average Bonchev–Trinajstić information content (AvgIpc) is 2.28. The molecule has 1 rings (SSSR count). The van der Waals surface area contributed by atoms with E-state index < -0.39 is 18.3 Å². The molecule has 0 spiro atoms. The second-order valence-electron chi connectivity index (χ2n) is 3.16. The largest absolute Gasteiger partial charge is 0.416 e. The van der Waals surface area contributed by atoms with Gasteiger partial charge in [-0.3, -0.25) is 0 Å². The van der Waals surface area contributed by atoms with E-state index in [0.29, 0.717) is 5.56 Å². The van der Waals surface area contributed by atoms with E-state index in [1.165, 1.54) is 6.07 Å². The Morgan fingerprint density at radius 3 is 2.53 bits per heavy atom. The lowest BCUT2D eigenvalue weighted by Crippen LogP contribution is -2.06. The Morgan fingerprint density at radius 2 is 2.00 bits per heavy atom. The van der Waals surface area contributed by atoms with Crippen molar-refractivity contribution in [2.75, 3.05) is 0 Å². The van der Waals surface area contributed by atoms with Crippen LogP contribution in [0.25, 0.3) is 0 Å². The van der Waals surface area contributed by atoms with Crippen molar-refractivity contribution in [2.45, 2.75) is 19.2 Å². The van der Waals surface area contributed by atoms with E-state index >= 15 is 0 Å². The Hall–Kier alpha value is -1.98. The summed E-state index contributed by atoms with van der Waals surface area (Å²) in [5.41, 5.74) is -0.423. The molecule has 1 aromatic rings. The van der Waals surface area contributed by atoms with Gasteiger partial charge in [0.05, 0.1) is 24.7 Å². The summed E-state index contributed by atoms with van der Waals surface area (Å²) in [5, 5.41) is 17.2. The van der Waals surface area contributed by atoms with E-state index in [4.69, 9.17) is 10.4 Å². The van der Waals surface area contributed by atoms with E-state index in [0.717, 1.165) is 12.1 Å². The highest BCUT2D eigenvalue weighted by Gasteiger charge is 2.30. The zero-order valence-electron chi connectivity index (χ0n) is 8.67. The van der Waals surface area contributed by atoms with E-state index in [9.17, 15) is 13.2 Å². The molecule has 0 unspecified atom stereocenters.